The quantitative estimate of drug-likeness (QED) is 0.917. The number of fused-ring (bicyclic) bond motifs is 1. The molecule has 1 aliphatic heterocycles. The fraction of sp³-hybridized carbons (Fsp3) is 0.643. The van der Waals surface area contributed by atoms with Gasteiger partial charge in [-0.05, 0) is 36.1 Å². The Bertz CT molecular complexity index is 474. The molecule has 2 heterocycles. The zero-order valence-electron chi connectivity index (χ0n) is 11.2. The van der Waals surface area contributed by atoms with Crippen molar-refractivity contribution in [2.75, 3.05) is 20.2 Å². The first-order valence-electron chi connectivity index (χ1n) is 6.81. The lowest BCUT2D eigenvalue weighted by molar-refractivity contribution is 0.0780. The van der Waals surface area contributed by atoms with Crippen LogP contribution in [-0.4, -0.2) is 37.0 Å². The second-order valence-electron chi connectivity index (χ2n) is 5.58. The van der Waals surface area contributed by atoms with Crippen LogP contribution >= 0.6 is 11.3 Å². The van der Waals surface area contributed by atoms with Gasteiger partial charge in [0.2, 0.25) is 0 Å². The Hall–Kier alpha value is -0.910. The molecule has 2 N–H and O–H groups in total. The zero-order chi connectivity index (χ0) is 13.4. The standard InChI is InChI=1S/C14H20N2O2S/c1-18-8-10-4-5-19-13(10)14(17)16-6-9-2-3-12(15)11(9)7-16/h4-5,9,11-12H,2-3,6-8,15H2,1H3. The molecular formula is C14H20N2O2S. The van der Waals surface area contributed by atoms with E-state index in [1.807, 2.05) is 16.3 Å². The number of hydrogen-bond donors (Lipinski definition) is 1. The van der Waals surface area contributed by atoms with Crippen LogP contribution in [0.5, 0.6) is 0 Å². The minimum Gasteiger partial charge on any atom is -0.380 e. The number of ether oxygens (including phenoxy) is 1. The Morgan fingerprint density at radius 2 is 2.37 bits per heavy atom. The van der Waals surface area contributed by atoms with Crippen LogP contribution < -0.4 is 5.73 Å². The zero-order valence-corrected chi connectivity index (χ0v) is 12.0. The summed E-state index contributed by atoms with van der Waals surface area (Å²) in [4.78, 5) is 15.4. The number of carbonyl (C=O) groups excluding carboxylic acids is 1. The molecular weight excluding hydrogens is 260 g/mol. The molecule has 0 bridgehead atoms. The molecule has 0 radical (unpaired) electrons. The van der Waals surface area contributed by atoms with Crippen LogP contribution in [0.3, 0.4) is 0 Å². The fourth-order valence-electron chi connectivity index (χ4n) is 3.41. The second kappa shape index (κ2) is 5.23. The van der Waals surface area contributed by atoms with E-state index >= 15 is 0 Å². The maximum absolute atomic E-state index is 12.6. The van der Waals surface area contributed by atoms with Gasteiger partial charge in [0.25, 0.3) is 5.91 Å². The fourth-order valence-corrected chi connectivity index (χ4v) is 4.29. The summed E-state index contributed by atoms with van der Waals surface area (Å²) in [7, 11) is 1.66. The predicted octanol–water partition coefficient (Wildman–Crippen LogP) is 1.70. The van der Waals surface area contributed by atoms with Crippen LogP contribution in [0.2, 0.25) is 0 Å². The van der Waals surface area contributed by atoms with Crippen LogP contribution in [0, 0.1) is 11.8 Å². The SMILES string of the molecule is COCc1ccsc1C(=O)N1CC2CCC(N)C2C1. The van der Waals surface area contributed by atoms with Crippen LogP contribution in [-0.2, 0) is 11.3 Å². The number of amides is 1. The van der Waals surface area contributed by atoms with Crippen molar-refractivity contribution in [3.05, 3.63) is 21.9 Å². The lowest BCUT2D eigenvalue weighted by Gasteiger charge is -2.18. The number of nitrogens with two attached hydrogens (primary N) is 1. The summed E-state index contributed by atoms with van der Waals surface area (Å²) in [6.45, 7) is 2.21. The third-order valence-electron chi connectivity index (χ3n) is 4.44. The molecule has 2 fully saturated rings. The molecule has 19 heavy (non-hydrogen) atoms. The maximum atomic E-state index is 12.6. The highest BCUT2D eigenvalue weighted by Gasteiger charge is 2.42. The summed E-state index contributed by atoms with van der Waals surface area (Å²) in [5, 5.41) is 1.96. The van der Waals surface area contributed by atoms with E-state index in [2.05, 4.69) is 0 Å². The van der Waals surface area contributed by atoms with E-state index in [-0.39, 0.29) is 11.9 Å². The third-order valence-corrected chi connectivity index (χ3v) is 5.39. The van der Waals surface area contributed by atoms with Crippen molar-refractivity contribution in [3.8, 4) is 0 Å². The average Bonchev–Trinajstić information content (AvgIpc) is 3.07. The van der Waals surface area contributed by atoms with Gasteiger partial charge in [-0.3, -0.25) is 4.79 Å². The van der Waals surface area contributed by atoms with Crippen LogP contribution in [0.15, 0.2) is 11.4 Å². The van der Waals surface area contributed by atoms with E-state index in [1.165, 1.54) is 17.8 Å². The van der Waals surface area contributed by atoms with Gasteiger partial charge < -0.3 is 15.4 Å². The van der Waals surface area contributed by atoms with E-state index < -0.39 is 0 Å². The molecule has 1 saturated heterocycles. The van der Waals surface area contributed by atoms with Crippen molar-refractivity contribution < 1.29 is 9.53 Å². The summed E-state index contributed by atoms with van der Waals surface area (Å²) >= 11 is 1.51. The molecule has 2 aliphatic rings. The molecule has 0 spiro atoms. The van der Waals surface area contributed by atoms with Gasteiger partial charge in [0.05, 0.1) is 11.5 Å². The lowest BCUT2D eigenvalue weighted by Crippen LogP contribution is -2.33. The largest absolute Gasteiger partial charge is 0.380 e. The number of rotatable bonds is 3. The number of likely N-dealkylation sites (tertiary alicyclic amines) is 1. The van der Waals surface area contributed by atoms with E-state index in [4.69, 9.17) is 10.5 Å². The van der Waals surface area contributed by atoms with Crippen molar-refractivity contribution in [2.45, 2.75) is 25.5 Å². The molecule has 1 amide bonds. The first-order chi connectivity index (χ1) is 9.20. The minimum atomic E-state index is 0.156. The maximum Gasteiger partial charge on any atom is 0.264 e. The summed E-state index contributed by atoms with van der Waals surface area (Å²) in [6, 6.07) is 2.26. The molecule has 0 aromatic carbocycles. The van der Waals surface area contributed by atoms with Gasteiger partial charge in [-0.15, -0.1) is 11.3 Å². The Kier molecular flexibility index (Phi) is 3.60. The molecule has 5 heteroatoms. The summed E-state index contributed by atoms with van der Waals surface area (Å²) in [5.74, 6) is 1.28. The third kappa shape index (κ3) is 2.30. The summed E-state index contributed by atoms with van der Waals surface area (Å²) in [5.41, 5.74) is 7.12. The van der Waals surface area contributed by atoms with Crippen molar-refractivity contribution in [2.24, 2.45) is 17.6 Å². The molecule has 3 rings (SSSR count). The van der Waals surface area contributed by atoms with Crippen molar-refractivity contribution >= 4 is 17.2 Å². The van der Waals surface area contributed by atoms with E-state index in [0.717, 1.165) is 30.0 Å². The van der Waals surface area contributed by atoms with Crippen LogP contribution in [0.4, 0.5) is 0 Å². The monoisotopic (exact) mass is 280 g/mol. The number of methoxy groups -OCH3 is 1. The highest BCUT2D eigenvalue weighted by atomic mass is 32.1. The van der Waals surface area contributed by atoms with Gasteiger partial charge in [0, 0.05) is 31.8 Å². The van der Waals surface area contributed by atoms with Crippen LogP contribution in [0.25, 0.3) is 0 Å². The van der Waals surface area contributed by atoms with E-state index in [9.17, 15) is 4.79 Å². The molecule has 1 aliphatic carbocycles. The van der Waals surface area contributed by atoms with Gasteiger partial charge in [-0.1, -0.05) is 0 Å². The molecule has 1 aromatic rings. The van der Waals surface area contributed by atoms with Gasteiger partial charge in [-0.25, -0.2) is 0 Å². The predicted molar refractivity (Wildman–Crippen MR) is 75.1 cm³/mol. The average molecular weight is 280 g/mol. The normalized spacial score (nSPS) is 29.8. The lowest BCUT2D eigenvalue weighted by atomic mass is 9.98. The van der Waals surface area contributed by atoms with Crippen LogP contribution in [0.1, 0.15) is 28.1 Å². The highest BCUT2D eigenvalue weighted by Crippen LogP contribution is 2.38. The smallest absolute Gasteiger partial charge is 0.264 e. The number of hydrogen-bond acceptors (Lipinski definition) is 4. The van der Waals surface area contributed by atoms with Crippen molar-refractivity contribution in [1.82, 2.24) is 4.90 Å². The first-order valence-corrected chi connectivity index (χ1v) is 7.69. The van der Waals surface area contributed by atoms with Gasteiger partial charge >= 0.3 is 0 Å². The van der Waals surface area contributed by atoms with Crippen molar-refractivity contribution in [3.63, 3.8) is 0 Å². The highest BCUT2D eigenvalue weighted by molar-refractivity contribution is 7.12. The number of nitrogens with zero attached hydrogens (tertiary/aromatic N) is 1. The van der Waals surface area contributed by atoms with E-state index in [0.29, 0.717) is 18.4 Å². The van der Waals surface area contributed by atoms with Gasteiger partial charge in [0.1, 0.15) is 0 Å². The Balaban J connectivity index is 1.73. The minimum absolute atomic E-state index is 0.156. The second-order valence-corrected chi connectivity index (χ2v) is 6.50. The molecule has 104 valence electrons. The van der Waals surface area contributed by atoms with Gasteiger partial charge in [-0.2, -0.15) is 0 Å². The number of carbonyl (C=O) groups is 1. The Morgan fingerprint density at radius 3 is 3.11 bits per heavy atom. The Labute approximate surface area is 117 Å². The summed E-state index contributed by atoms with van der Waals surface area (Å²) in [6.07, 6.45) is 2.29. The van der Waals surface area contributed by atoms with Gasteiger partial charge in [0.15, 0.2) is 0 Å². The molecule has 4 nitrogen and oxygen atoms in total. The Morgan fingerprint density at radius 1 is 1.53 bits per heavy atom. The first kappa shape index (κ1) is 13.1. The summed E-state index contributed by atoms with van der Waals surface area (Å²) < 4.78 is 5.15. The topological polar surface area (TPSA) is 55.6 Å². The molecule has 1 saturated carbocycles. The molecule has 1 aromatic heterocycles. The molecule has 3 unspecified atom stereocenters. The van der Waals surface area contributed by atoms with E-state index in [1.54, 1.807) is 7.11 Å². The molecule has 3 atom stereocenters. The van der Waals surface area contributed by atoms with Crippen molar-refractivity contribution in [1.29, 1.82) is 0 Å². The number of thiophene rings is 1.